The number of hydrogen-bond donors (Lipinski definition) is 0. The van der Waals surface area contributed by atoms with Crippen molar-refractivity contribution in [3.63, 3.8) is 0 Å². The minimum Gasteiger partial charge on any atom is -0.0623 e. The van der Waals surface area contributed by atoms with Crippen LogP contribution in [0.25, 0.3) is 76.8 Å². The number of hydrogen-bond acceptors (Lipinski definition) is 0. The van der Waals surface area contributed by atoms with Crippen molar-refractivity contribution in [2.24, 2.45) is 0 Å². The van der Waals surface area contributed by atoms with E-state index in [2.05, 4.69) is 173 Å². The first-order valence-corrected chi connectivity index (χ1v) is 19.7. The molecule has 1 aliphatic heterocycles. The highest BCUT2D eigenvalue weighted by atomic mass is 28.3. The van der Waals surface area contributed by atoms with Crippen LogP contribution >= 0.6 is 0 Å². The highest BCUT2D eigenvalue weighted by Gasteiger charge is 2.38. The van der Waals surface area contributed by atoms with E-state index in [0.717, 1.165) is 0 Å². The molecule has 0 amide bonds. The average molecular weight is 617 g/mol. The van der Waals surface area contributed by atoms with Crippen molar-refractivity contribution >= 4 is 50.8 Å². The largest absolute Gasteiger partial charge is 0.113 e. The van der Waals surface area contributed by atoms with Crippen LogP contribution in [0.2, 0.25) is 13.1 Å². The third kappa shape index (κ3) is 4.27. The van der Waals surface area contributed by atoms with Gasteiger partial charge in [0, 0.05) is 0 Å². The van der Waals surface area contributed by atoms with E-state index in [1.165, 1.54) is 88.0 Å². The monoisotopic (exact) mass is 616 g/mol. The van der Waals surface area contributed by atoms with E-state index in [0.29, 0.717) is 0 Å². The van der Waals surface area contributed by atoms with Gasteiger partial charge in [-0.05, 0) is 113 Å². The van der Waals surface area contributed by atoms with Gasteiger partial charge >= 0.3 is 0 Å². The van der Waals surface area contributed by atoms with E-state index < -0.39 is 8.07 Å². The number of rotatable bonds is 3. The van der Waals surface area contributed by atoms with Crippen LogP contribution in [0, 0.1) is 13.8 Å². The minimum atomic E-state index is -1.90. The second-order valence-corrected chi connectivity index (χ2v) is 18.2. The lowest BCUT2D eigenvalue weighted by Gasteiger charge is -2.23. The fourth-order valence-corrected chi connectivity index (χ4v) is 11.5. The maximum absolute atomic E-state index is 2.59. The van der Waals surface area contributed by atoms with Crippen LogP contribution in [-0.2, 0) is 0 Å². The smallest absolute Gasteiger partial charge is 0.0623 e. The molecular formula is C46H36Si. The molecule has 0 unspecified atom stereocenters. The lowest BCUT2D eigenvalue weighted by Crippen LogP contribution is -2.49. The van der Waals surface area contributed by atoms with E-state index in [1.807, 2.05) is 0 Å². The minimum absolute atomic E-state index is 1.25. The molecule has 1 heterocycles. The summed E-state index contributed by atoms with van der Waals surface area (Å²) < 4.78 is 0. The van der Waals surface area contributed by atoms with Crippen molar-refractivity contribution in [3.8, 4) is 44.5 Å². The lowest BCUT2D eigenvalue weighted by molar-refractivity contribution is 1.39. The van der Waals surface area contributed by atoms with E-state index in [9.17, 15) is 0 Å². The van der Waals surface area contributed by atoms with Gasteiger partial charge < -0.3 is 0 Å². The molecule has 0 aliphatic carbocycles. The molecule has 0 N–H and O–H groups in total. The molecule has 0 saturated heterocycles. The molecule has 0 spiro atoms. The number of aryl methyl sites for hydroxylation is 2. The van der Waals surface area contributed by atoms with Gasteiger partial charge in [-0.3, -0.25) is 0 Å². The summed E-state index contributed by atoms with van der Waals surface area (Å²) >= 11 is 0. The number of benzene rings is 8. The Morgan fingerprint density at radius 2 is 1.00 bits per heavy atom. The first-order valence-electron chi connectivity index (χ1n) is 16.7. The van der Waals surface area contributed by atoms with Crippen molar-refractivity contribution in [2.75, 3.05) is 0 Å². The Hall–Kier alpha value is -5.24. The van der Waals surface area contributed by atoms with Crippen LogP contribution in [0.4, 0.5) is 0 Å². The van der Waals surface area contributed by atoms with Crippen molar-refractivity contribution in [3.05, 3.63) is 157 Å². The Kier molecular flexibility index (Phi) is 6.19. The van der Waals surface area contributed by atoms with Crippen molar-refractivity contribution < 1.29 is 0 Å². The van der Waals surface area contributed by atoms with Gasteiger partial charge in [0.2, 0.25) is 0 Å². The van der Waals surface area contributed by atoms with E-state index in [4.69, 9.17) is 0 Å². The van der Waals surface area contributed by atoms with Gasteiger partial charge in [0.05, 0.1) is 0 Å². The second kappa shape index (κ2) is 10.4. The zero-order chi connectivity index (χ0) is 31.9. The molecule has 0 bridgehead atoms. The summed E-state index contributed by atoms with van der Waals surface area (Å²) in [6.45, 7) is 9.49. The molecule has 0 fully saturated rings. The lowest BCUT2D eigenvalue weighted by atomic mass is 9.83. The topological polar surface area (TPSA) is 0 Å². The third-order valence-corrected chi connectivity index (χ3v) is 14.0. The Bertz CT molecular complexity index is 2530. The molecule has 0 aromatic heterocycles. The highest BCUT2D eigenvalue weighted by Crippen LogP contribution is 2.47. The van der Waals surface area contributed by atoms with Crippen LogP contribution < -0.4 is 10.4 Å². The van der Waals surface area contributed by atoms with Crippen LogP contribution in [0.3, 0.4) is 0 Å². The standard InChI is InChI=1S/C46H36Si/c1-29-23-30(2)25-34(24-29)46-38-22-21-33(36-19-12-16-31-13-8-9-17-35(31)36)26-40(38)45(32-14-6-5-7-15-32)42-28-44-39(27-41(42)46)37-18-10-11-20-43(37)47(44,3)4/h5-28H,1-4H3. The fourth-order valence-electron chi connectivity index (χ4n) is 8.41. The van der Waals surface area contributed by atoms with Crippen molar-refractivity contribution in [1.29, 1.82) is 0 Å². The van der Waals surface area contributed by atoms with Gasteiger partial charge in [-0.2, -0.15) is 0 Å². The molecule has 0 saturated carbocycles. The molecule has 47 heavy (non-hydrogen) atoms. The molecular weight excluding hydrogens is 581 g/mol. The van der Waals surface area contributed by atoms with Crippen molar-refractivity contribution in [1.82, 2.24) is 0 Å². The van der Waals surface area contributed by atoms with E-state index >= 15 is 0 Å². The van der Waals surface area contributed by atoms with Crippen LogP contribution in [0.15, 0.2) is 146 Å². The highest BCUT2D eigenvalue weighted by molar-refractivity contribution is 7.04. The molecule has 224 valence electrons. The molecule has 1 heteroatoms. The summed E-state index contributed by atoms with van der Waals surface area (Å²) in [5.41, 5.74) is 13.2. The summed E-state index contributed by atoms with van der Waals surface area (Å²) in [5.74, 6) is 0. The van der Waals surface area contributed by atoms with Crippen LogP contribution in [0.1, 0.15) is 11.1 Å². The Labute approximate surface area is 278 Å². The third-order valence-electron chi connectivity index (χ3n) is 10.5. The first-order chi connectivity index (χ1) is 22.9. The predicted molar refractivity (Wildman–Crippen MR) is 207 cm³/mol. The van der Waals surface area contributed by atoms with Crippen LogP contribution in [0.5, 0.6) is 0 Å². The fraction of sp³-hybridized carbons (Fsp3) is 0.0870. The normalized spacial score (nSPS) is 13.3. The zero-order valence-corrected chi connectivity index (χ0v) is 28.4. The summed E-state index contributed by atoms with van der Waals surface area (Å²) in [5, 5.41) is 10.9. The van der Waals surface area contributed by atoms with Crippen molar-refractivity contribution in [2.45, 2.75) is 26.9 Å². The molecule has 0 nitrogen and oxygen atoms in total. The van der Waals surface area contributed by atoms with Gasteiger partial charge in [-0.1, -0.05) is 158 Å². The van der Waals surface area contributed by atoms with Gasteiger partial charge in [0.1, 0.15) is 8.07 Å². The first kappa shape index (κ1) is 28.0. The van der Waals surface area contributed by atoms with Gasteiger partial charge in [-0.25, -0.2) is 0 Å². The summed E-state index contributed by atoms with van der Waals surface area (Å²) in [6, 6.07) is 55.0. The van der Waals surface area contributed by atoms with E-state index in [-0.39, 0.29) is 0 Å². The van der Waals surface area contributed by atoms with Gasteiger partial charge in [0.15, 0.2) is 0 Å². The Balaban J connectivity index is 1.48. The summed E-state index contributed by atoms with van der Waals surface area (Å²) in [4.78, 5) is 0. The average Bonchev–Trinajstić information content (AvgIpc) is 3.31. The van der Waals surface area contributed by atoms with E-state index in [1.54, 1.807) is 10.4 Å². The quantitative estimate of drug-likeness (QED) is 0.137. The second-order valence-electron chi connectivity index (χ2n) is 13.9. The molecule has 0 radical (unpaired) electrons. The SMILES string of the molecule is Cc1cc(C)cc(-c2c3ccc(-c4cccc5ccccc45)cc3c(-c3ccccc3)c3cc4c(cc23)-c2ccccc2[Si]4(C)C)c1. The predicted octanol–water partition coefficient (Wildman–Crippen LogP) is 11.6. The molecule has 1 aliphatic rings. The maximum atomic E-state index is 2.59. The Morgan fingerprint density at radius 3 is 1.83 bits per heavy atom. The molecule has 0 atom stereocenters. The zero-order valence-electron chi connectivity index (χ0n) is 27.4. The van der Waals surface area contributed by atoms with Crippen LogP contribution in [-0.4, -0.2) is 8.07 Å². The molecule has 8 aromatic rings. The Morgan fingerprint density at radius 1 is 0.362 bits per heavy atom. The molecule has 9 rings (SSSR count). The molecule has 8 aromatic carbocycles. The van der Waals surface area contributed by atoms with Gasteiger partial charge in [-0.15, -0.1) is 0 Å². The maximum Gasteiger partial charge on any atom is 0.113 e. The van der Waals surface area contributed by atoms with Gasteiger partial charge in [0.25, 0.3) is 0 Å². The summed E-state index contributed by atoms with van der Waals surface area (Å²) in [7, 11) is -1.90. The summed E-state index contributed by atoms with van der Waals surface area (Å²) in [6.07, 6.45) is 0. The number of fused-ring (bicyclic) bond motifs is 6.